The van der Waals surface area contributed by atoms with Gasteiger partial charge in [-0.15, -0.1) is 0 Å². The van der Waals surface area contributed by atoms with Crippen LogP contribution in [0, 0.1) is 0 Å². The number of nitrogens with one attached hydrogen (secondary N) is 2. The number of anilines is 1. The number of amides is 3. The van der Waals surface area contributed by atoms with E-state index in [1.54, 1.807) is 24.3 Å². The van der Waals surface area contributed by atoms with E-state index in [-0.39, 0.29) is 11.1 Å². The largest absolute Gasteiger partial charge is 0.478 e. The van der Waals surface area contributed by atoms with Crippen molar-refractivity contribution in [1.29, 1.82) is 0 Å². The number of imide groups is 1. The maximum absolute atomic E-state index is 11.7. The molecule has 3 N–H and O–H groups in total. The van der Waals surface area contributed by atoms with Crippen LogP contribution in [0.4, 0.5) is 10.5 Å². The van der Waals surface area contributed by atoms with Gasteiger partial charge in [-0.25, -0.2) is 9.59 Å². The minimum Gasteiger partial charge on any atom is -0.478 e. The van der Waals surface area contributed by atoms with Gasteiger partial charge in [-0.3, -0.25) is 10.1 Å². The average molecular weight is 341 g/mol. The first-order valence-corrected chi connectivity index (χ1v) is 6.39. The molecular weight excluding hydrogens is 328 g/mol. The molecule has 0 radical (unpaired) electrons. The number of hydrogen-bond donors (Lipinski definition) is 3. The van der Waals surface area contributed by atoms with Crippen molar-refractivity contribution in [3.05, 3.63) is 39.9 Å². The third kappa shape index (κ3) is 4.51. The summed E-state index contributed by atoms with van der Waals surface area (Å²) in [5, 5.41) is 13.3. The topological polar surface area (TPSA) is 95.5 Å². The fourth-order valence-electron chi connectivity index (χ4n) is 1.26. The molecule has 0 bridgehead atoms. The highest BCUT2D eigenvalue weighted by Gasteiger charge is 2.15. The molecule has 3 amide bonds. The van der Waals surface area contributed by atoms with Gasteiger partial charge in [-0.2, -0.15) is 0 Å². The molecule has 0 aromatic heterocycles. The second kappa shape index (κ2) is 6.85. The lowest BCUT2D eigenvalue weighted by atomic mass is 10.1. The Morgan fingerprint density at radius 3 is 2.35 bits per heavy atom. The maximum Gasteiger partial charge on any atom is 0.331 e. The van der Waals surface area contributed by atoms with Crippen molar-refractivity contribution in [3.63, 3.8) is 0 Å². The molecule has 106 valence electrons. The third-order valence-corrected chi connectivity index (χ3v) is 3.03. The minimum atomic E-state index is -1.20. The normalized spacial score (nSPS) is 11.3. The Bertz CT molecular complexity index is 596. The number of rotatable bonds is 3. The second-order valence-corrected chi connectivity index (χ2v) is 4.89. The van der Waals surface area contributed by atoms with Gasteiger partial charge in [0.25, 0.3) is 5.91 Å². The molecule has 0 spiro atoms. The Hall–Kier alpha value is -2.15. The summed E-state index contributed by atoms with van der Waals surface area (Å²) in [5.74, 6) is -1.96. The summed E-state index contributed by atoms with van der Waals surface area (Å²) in [6.07, 6.45) is 0. The number of aliphatic carboxylic acids is 1. The molecule has 1 aromatic carbocycles. The van der Waals surface area contributed by atoms with Gasteiger partial charge in [0.15, 0.2) is 0 Å². The van der Waals surface area contributed by atoms with Gasteiger partial charge in [0, 0.05) is 21.3 Å². The van der Waals surface area contributed by atoms with E-state index in [1.807, 2.05) is 0 Å². The minimum absolute atomic E-state index is 0.0260. The fraction of sp³-hybridized carbons (Fsp3) is 0.154. The van der Waals surface area contributed by atoms with Gasteiger partial charge in [0.05, 0.1) is 0 Å². The number of hydrogen-bond acceptors (Lipinski definition) is 3. The lowest BCUT2D eigenvalue weighted by Crippen LogP contribution is -2.35. The first-order valence-electron chi connectivity index (χ1n) is 5.60. The van der Waals surface area contributed by atoms with E-state index in [4.69, 9.17) is 5.11 Å². The van der Waals surface area contributed by atoms with E-state index in [0.29, 0.717) is 5.69 Å². The molecular formula is C13H13BrN2O4. The molecule has 0 aliphatic heterocycles. The van der Waals surface area contributed by atoms with Crippen LogP contribution in [0.3, 0.4) is 0 Å². The van der Waals surface area contributed by atoms with Gasteiger partial charge in [0.2, 0.25) is 0 Å². The third-order valence-electron chi connectivity index (χ3n) is 2.53. The van der Waals surface area contributed by atoms with E-state index in [1.165, 1.54) is 13.8 Å². The van der Waals surface area contributed by atoms with E-state index in [9.17, 15) is 14.4 Å². The summed E-state index contributed by atoms with van der Waals surface area (Å²) in [6.45, 7) is 2.63. The maximum atomic E-state index is 11.7. The smallest absolute Gasteiger partial charge is 0.331 e. The molecule has 7 heteroatoms. The number of carbonyl (C=O) groups is 3. The van der Waals surface area contributed by atoms with Crippen molar-refractivity contribution in [2.45, 2.75) is 13.8 Å². The molecule has 0 saturated carbocycles. The van der Waals surface area contributed by atoms with Crippen LogP contribution in [-0.4, -0.2) is 23.0 Å². The highest BCUT2D eigenvalue weighted by atomic mass is 79.9. The summed E-state index contributed by atoms with van der Waals surface area (Å²) < 4.78 is 0.777. The van der Waals surface area contributed by atoms with E-state index < -0.39 is 17.9 Å². The zero-order chi connectivity index (χ0) is 15.3. The Kier molecular flexibility index (Phi) is 5.45. The molecule has 0 fully saturated rings. The monoisotopic (exact) mass is 340 g/mol. The zero-order valence-electron chi connectivity index (χ0n) is 10.9. The Labute approximate surface area is 124 Å². The molecule has 0 aliphatic rings. The van der Waals surface area contributed by atoms with Crippen molar-refractivity contribution >= 4 is 39.5 Å². The molecule has 0 unspecified atom stereocenters. The van der Waals surface area contributed by atoms with Crippen molar-refractivity contribution in [1.82, 2.24) is 5.32 Å². The Balaban J connectivity index is 2.70. The van der Waals surface area contributed by atoms with E-state index >= 15 is 0 Å². The quantitative estimate of drug-likeness (QED) is 0.736. The van der Waals surface area contributed by atoms with Gasteiger partial charge >= 0.3 is 12.0 Å². The van der Waals surface area contributed by atoms with Crippen LogP contribution in [-0.2, 0) is 9.59 Å². The fourth-order valence-corrected chi connectivity index (χ4v) is 1.66. The van der Waals surface area contributed by atoms with Crippen LogP contribution in [0.1, 0.15) is 13.8 Å². The Morgan fingerprint density at radius 1 is 1.15 bits per heavy atom. The van der Waals surface area contributed by atoms with Crippen molar-refractivity contribution < 1.29 is 19.5 Å². The first kappa shape index (κ1) is 15.9. The lowest BCUT2D eigenvalue weighted by Gasteiger charge is -2.08. The molecule has 1 rings (SSSR count). The number of benzene rings is 1. The highest BCUT2D eigenvalue weighted by molar-refractivity contribution is 9.10. The van der Waals surface area contributed by atoms with Crippen molar-refractivity contribution in [2.24, 2.45) is 0 Å². The summed E-state index contributed by atoms with van der Waals surface area (Å²) in [7, 11) is 0. The number of carboxylic acid groups (broad SMARTS) is 1. The van der Waals surface area contributed by atoms with Gasteiger partial charge < -0.3 is 10.4 Å². The van der Waals surface area contributed by atoms with Crippen LogP contribution >= 0.6 is 15.9 Å². The molecule has 20 heavy (non-hydrogen) atoms. The van der Waals surface area contributed by atoms with Crippen LogP contribution in [0.5, 0.6) is 0 Å². The van der Waals surface area contributed by atoms with Gasteiger partial charge in [0.1, 0.15) is 0 Å². The highest BCUT2D eigenvalue weighted by Crippen LogP contribution is 2.15. The predicted molar refractivity (Wildman–Crippen MR) is 77.3 cm³/mol. The molecule has 1 aromatic rings. The molecule has 0 aliphatic carbocycles. The van der Waals surface area contributed by atoms with E-state index in [0.717, 1.165) is 4.47 Å². The zero-order valence-corrected chi connectivity index (χ0v) is 12.4. The summed E-state index contributed by atoms with van der Waals surface area (Å²) >= 11 is 3.25. The number of urea groups is 1. The standard InChI is InChI=1S/C13H13BrN2O4/c1-7(8(2)12(18)19)11(17)16-13(20)15-10-5-3-4-9(14)6-10/h3-6H,1-2H3,(H,18,19)(H2,15,16,17,20). The van der Waals surface area contributed by atoms with Gasteiger partial charge in [-0.1, -0.05) is 22.0 Å². The van der Waals surface area contributed by atoms with Crippen LogP contribution in [0.25, 0.3) is 0 Å². The number of carbonyl (C=O) groups excluding carboxylic acids is 2. The average Bonchev–Trinajstić information content (AvgIpc) is 2.36. The lowest BCUT2D eigenvalue weighted by molar-refractivity contribution is -0.133. The molecule has 6 nitrogen and oxygen atoms in total. The van der Waals surface area contributed by atoms with Crippen molar-refractivity contribution in [2.75, 3.05) is 5.32 Å². The number of halogens is 1. The second-order valence-electron chi connectivity index (χ2n) is 3.97. The predicted octanol–water partition coefficient (Wildman–Crippen LogP) is 2.52. The summed E-state index contributed by atoms with van der Waals surface area (Å²) in [5.41, 5.74) is 0.362. The van der Waals surface area contributed by atoms with Crippen LogP contribution < -0.4 is 10.6 Å². The van der Waals surface area contributed by atoms with Crippen molar-refractivity contribution in [3.8, 4) is 0 Å². The van der Waals surface area contributed by atoms with E-state index in [2.05, 4.69) is 26.6 Å². The van der Waals surface area contributed by atoms with Crippen LogP contribution in [0.15, 0.2) is 39.9 Å². The molecule has 0 atom stereocenters. The number of carboxylic acids is 1. The SMILES string of the molecule is CC(C(=O)O)=C(C)C(=O)NC(=O)Nc1cccc(Br)c1. The van der Waals surface area contributed by atoms with Gasteiger partial charge in [-0.05, 0) is 32.0 Å². The molecule has 0 saturated heterocycles. The summed E-state index contributed by atoms with van der Waals surface area (Å²) in [4.78, 5) is 34.0. The van der Waals surface area contributed by atoms with Crippen LogP contribution in [0.2, 0.25) is 0 Å². The molecule has 0 heterocycles. The first-order chi connectivity index (χ1) is 9.31. The Morgan fingerprint density at radius 2 is 1.80 bits per heavy atom. The summed E-state index contributed by atoms with van der Waals surface area (Å²) in [6, 6.07) is 6.10.